The molecule has 4 nitrogen and oxygen atoms in total. The highest BCUT2D eigenvalue weighted by Gasteiger charge is 2.24. The van der Waals surface area contributed by atoms with Gasteiger partial charge >= 0.3 is 0 Å². The summed E-state index contributed by atoms with van der Waals surface area (Å²) in [6.45, 7) is 8.25. The molecule has 0 bridgehead atoms. The number of hydrogen-bond donors (Lipinski definition) is 2. The average molecular weight is 239 g/mol. The maximum absolute atomic E-state index is 11.8. The lowest BCUT2D eigenvalue weighted by molar-refractivity contribution is -0.126. The van der Waals surface area contributed by atoms with Crippen molar-refractivity contribution in [3.63, 3.8) is 0 Å². The highest BCUT2D eigenvalue weighted by molar-refractivity contribution is 5.78. The molecule has 1 rings (SSSR count). The number of allylic oxidation sites excluding steroid dienone is 1. The van der Waals surface area contributed by atoms with Gasteiger partial charge in [-0.25, -0.2) is 0 Å². The van der Waals surface area contributed by atoms with Gasteiger partial charge in [-0.3, -0.25) is 9.69 Å². The van der Waals surface area contributed by atoms with Crippen molar-refractivity contribution in [1.82, 2.24) is 10.2 Å². The second-order valence-corrected chi connectivity index (χ2v) is 4.96. The summed E-state index contributed by atoms with van der Waals surface area (Å²) in [4.78, 5) is 14.2. The Morgan fingerprint density at radius 3 is 2.94 bits per heavy atom. The third kappa shape index (κ3) is 5.33. The molecule has 1 atom stereocenters. The summed E-state index contributed by atoms with van der Waals surface area (Å²) in [5.41, 5.74) is 6.71. The van der Waals surface area contributed by atoms with Crippen molar-refractivity contribution in [2.45, 2.75) is 26.7 Å². The average Bonchev–Trinajstić information content (AvgIpc) is 2.33. The van der Waals surface area contributed by atoms with E-state index in [4.69, 9.17) is 5.73 Å². The van der Waals surface area contributed by atoms with E-state index in [-0.39, 0.29) is 11.8 Å². The molecule has 0 aromatic heterocycles. The van der Waals surface area contributed by atoms with E-state index in [2.05, 4.69) is 30.1 Å². The number of nitrogens with two attached hydrogens (primary N) is 1. The number of nitrogens with zero attached hydrogens (tertiary/aromatic N) is 1. The summed E-state index contributed by atoms with van der Waals surface area (Å²) in [5.74, 6) is 0.304. The maximum Gasteiger partial charge on any atom is 0.224 e. The van der Waals surface area contributed by atoms with E-state index in [0.717, 1.165) is 32.5 Å². The van der Waals surface area contributed by atoms with Crippen molar-refractivity contribution >= 4 is 5.91 Å². The maximum atomic E-state index is 11.8. The molecule has 1 aliphatic heterocycles. The van der Waals surface area contributed by atoms with E-state index in [1.807, 2.05) is 0 Å². The Bertz CT molecular complexity index is 272. The second kappa shape index (κ2) is 7.45. The molecule has 1 fully saturated rings. The first kappa shape index (κ1) is 14.2. The van der Waals surface area contributed by atoms with Crippen LogP contribution in [0.4, 0.5) is 0 Å². The number of rotatable bonds is 5. The smallest absolute Gasteiger partial charge is 0.224 e. The Morgan fingerprint density at radius 1 is 1.53 bits per heavy atom. The normalized spacial score (nSPS) is 21.0. The van der Waals surface area contributed by atoms with Gasteiger partial charge in [0, 0.05) is 26.2 Å². The van der Waals surface area contributed by atoms with Crippen molar-refractivity contribution in [3.8, 4) is 0 Å². The Balaban J connectivity index is 2.37. The van der Waals surface area contributed by atoms with E-state index in [1.165, 1.54) is 5.57 Å². The third-order valence-corrected chi connectivity index (χ3v) is 3.08. The Morgan fingerprint density at radius 2 is 2.29 bits per heavy atom. The lowest BCUT2D eigenvalue weighted by Gasteiger charge is -2.31. The van der Waals surface area contributed by atoms with Crippen LogP contribution in [0.1, 0.15) is 26.7 Å². The molecule has 98 valence electrons. The van der Waals surface area contributed by atoms with E-state index >= 15 is 0 Å². The summed E-state index contributed by atoms with van der Waals surface area (Å²) >= 11 is 0. The molecule has 1 unspecified atom stereocenters. The van der Waals surface area contributed by atoms with Crippen molar-refractivity contribution in [3.05, 3.63) is 11.6 Å². The molecule has 0 aromatic rings. The largest absolute Gasteiger partial charge is 0.355 e. The molecular weight excluding hydrogens is 214 g/mol. The SMILES string of the molecule is CC(C)=CCN1CCCC(C(=O)NCCN)C1. The number of piperidine rings is 1. The third-order valence-electron chi connectivity index (χ3n) is 3.08. The van der Waals surface area contributed by atoms with Crippen LogP contribution in [0.15, 0.2) is 11.6 Å². The van der Waals surface area contributed by atoms with Crippen LogP contribution < -0.4 is 11.1 Å². The zero-order chi connectivity index (χ0) is 12.7. The summed E-state index contributed by atoms with van der Waals surface area (Å²) in [5, 5.41) is 2.88. The molecule has 0 spiro atoms. The number of carbonyl (C=O) groups excluding carboxylic acids is 1. The molecule has 0 aliphatic carbocycles. The standard InChI is InChI=1S/C13H25N3O/c1-11(2)5-9-16-8-3-4-12(10-16)13(17)15-7-6-14/h5,12H,3-4,6-10,14H2,1-2H3,(H,15,17). The van der Waals surface area contributed by atoms with Crippen LogP contribution in [-0.2, 0) is 4.79 Å². The molecule has 17 heavy (non-hydrogen) atoms. The highest BCUT2D eigenvalue weighted by Crippen LogP contribution is 2.16. The highest BCUT2D eigenvalue weighted by atomic mass is 16.1. The van der Waals surface area contributed by atoms with Crippen LogP contribution in [0.5, 0.6) is 0 Å². The fraction of sp³-hybridized carbons (Fsp3) is 0.769. The molecular formula is C13H25N3O. The van der Waals surface area contributed by atoms with Gasteiger partial charge in [-0.05, 0) is 33.2 Å². The predicted octanol–water partition coefficient (Wildman–Crippen LogP) is 0.740. The second-order valence-electron chi connectivity index (χ2n) is 4.96. The zero-order valence-corrected chi connectivity index (χ0v) is 11.0. The predicted molar refractivity (Wildman–Crippen MR) is 70.7 cm³/mol. The van der Waals surface area contributed by atoms with Crippen LogP contribution in [0.25, 0.3) is 0 Å². The van der Waals surface area contributed by atoms with Crippen molar-refractivity contribution in [2.24, 2.45) is 11.7 Å². The lowest BCUT2D eigenvalue weighted by Crippen LogP contribution is -2.44. The van der Waals surface area contributed by atoms with Gasteiger partial charge in [0.15, 0.2) is 0 Å². The van der Waals surface area contributed by atoms with Crippen LogP contribution in [0.2, 0.25) is 0 Å². The van der Waals surface area contributed by atoms with Crippen LogP contribution in [-0.4, -0.2) is 43.5 Å². The first-order chi connectivity index (χ1) is 8.13. The van der Waals surface area contributed by atoms with Gasteiger partial charge < -0.3 is 11.1 Å². The molecule has 3 N–H and O–H groups in total. The Labute approximate surface area is 104 Å². The zero-order valence-electron chi connectivity index (χ0n) is 11.0. The van der Waals surface area contributed by atoms with Gasteiger partial charge in [0.25, 0.3) is 0 Å². The van der Waals surface area contributed by atoms with Crippen LogP contribution in [0.3, 0.4) is 0 Å². The number of nitrogens with one attached hydrogen (secondary N) is 1. The molecule has 0 aromatic carbocycles. The van der Waals surface area contributed by atoms with E-state index < -0.39 is 0 Å². The van der Waals surface area contributed by atoms with Gasteiger partial charge in [-0.1, -0.05) is 11.6 Å². The lowest BCUT2D eigenvalue weighted by atomic mass is 9.97. The fourth-order valence-electron chi connectivity index (χ4n) is 2.09. The minimum absolute atomic E-state index is 0.140. The molecule has 0 radical (unpaired) electrons. The quantitative estimate of drug-likeness (QED) is 0.696. The molecule has 1 heterocycles. The van der Waals surface area contributed by atoms with Crippen molar-refractivity contribution in [1.29, 1.82) is 0 Å². The van der Waals surface area contributed by atoms with E-state index in [1.54, 1.807) is 0 Å². The van der Waals surface area contributed by atoms with Crippen molar-refractivity contribution < 1.29 is 4.79 Å². The summed E-state index contributed by atoms with van der Waals surface area (Å²) in [7, 11) is 0. The number of likely N-dealkylation sites (tertiary alicyclic amines) is 1. The van der Waals surface area contributed by atoms with Crippen LogP contribution >= 0.6 is 0 Å². The van der Waals surface area contributed by atoms with Gasteiger partial charge in [-0.2, -0.15) is 0 Å². The number of carbonyl (C=O) groups is 1. The first-order valence-corrected chi connectivity index (χ1v) is 6.47. The van der Waals surface area contributed by atoms with Crippen LogP contribution in [0, 0.1) is 5.92 Å². The fourth-order valence-corrected chi connectivity index (χ4v) is 2.09. The minimum atomic E-state index is 0.140. The molecule has 1 amide bonds. The topological polar surface area (TPSA) is 58.4 Å². The van der Waals surface area contributed by atoms with E-state index in [9.17, 15) is 4.79 Å². The number of hydrogen-bond acceptors (Lipinski definition) is 3. The first-order valence-electron chi connectivity index (χ1n) is 6.47. The molecule has 0 saturated carbocycles. The van der Waals surface area contributed by atoms with Gasteiger partial charge in [0.2, 0.25) is 5.91 Å². The van der Waals surface area contributed by atoms with Gasteiger partial charge in [0.1, 0.15) is 0 Å². The van der Waals surface area contributed by atoms with Gasteiger partial charge in [-0.15, -0.1) is 0 Å². The number of amides is 1. The Hall–Kier alpha value is -0.870. The molecule has 1 aliphatic rings. The van der Waals surface area contributed by atoms with Gasteiger partial charge in [0.05, 0.1) is 5.92 Å². The van der Waals surface area contributed by atoms with Crippen molar-refractivity contribution in [2.75, 3.05) is 32.7 Å². The minimum Gasteiger partial charge on any atom is -0.355 e. The Kier molecular flexibility index (Phi) is 6.22. The molecule has 1 saturated heterocycles. The summed E-state index contributed by atoms with van der Waals surface area (Å²) in [6.07, 6.45) is 4.33. The monoisotopic (exact) mass is 239 g/mol. The summed E-state index contributed by atoms with van der Waals surface area (Å²) < 4.78 is 0. The van der Waals surface area contributed by atoms with E-state index in [0.29, 0.717) is 13.1 Å². The molecule has 4 heteroatoms. The summed E-state index contributed by atoms with van der Waals surface area (Å²) in [6, 6.07) is 0.